The van der Waals surface area contributed by atoms with Gasteiger partial charge in [-0.25, -0.2) is 0 Å². The van der Waals surface area contributed by atoms with E-state index in [0.29, 0.717) is 36.4 Å². The molecule has 4 aromatic rings. The van der Waals surface area contributed by atoms with Gasteiger partial charge in [0, 0.05) is 41.6 Å². The third-order valence-corrected chi connectivity index (χ3v) is 6.28. The van der Waals surface area contributed by atoms with Gasteiger partial charge in [0.05, 0.1) is 18.2 Å². The number of amides is 1. The summed E-state index contributed by atoms with van der Waals surface area (Å²) in [6.07, 6.45) is 5.74. The Kier molecular flexibility index (Phi) is 6.06. The summed E-state index contributed by atoms with van der Waals surface area (Å²) >= 11 is 0. The van der Waals surface area contributed by atoms with Crippen molar-refractivity contribution < 1.29 is 19.4 Å². The van der Waals surface area contributed by atoms with E-state index in [1.54, 1.807) is 42.7 Å². The second-order valence-corrected chi connectivity index (χ2v) is 8.35. The number of fused-ring (bicyclic) bond motifs is 1. The molecular formula is C28H25N3O4. The number of rotatable bonds is 7. The molecule has 1 saturated heterocycles. The lowest BCUT2D eigenvalue weighted by molar-refractivity contribution is -0.139. The van der Waals surface area contributed by atoms with Crippen LogP contribution in [0.3, 0.4) is 0 Å². The molecule has 0 saturated carbocycles. The van der Waals surface area contributed by atoms with Gasteiger partial charge in [-0.3, -0.25) is 14.6 Å². The van der Waals surface area contributed by atoms with E-state index >= 15 is 0 Å². The Morgan fingerprint density at radius 3 is 2.63 bits per heavy atom. The van der Waals surface area contributed by atoms with Gasteiger partial charge in [-0.2, -0.15) is 0 Å². The average Bonchev–Trinajstić information content (AvgIpc) is 3.42. The van der Waals surface area contributed by atoms with E-state index in [4.69, 9.17) is 4.74 Å². The second kappa shape index (κ2) is 9.46. The number of hydrogen-bond donors (Lipinski definition) is 2. The molecule has 3 heterocycles. The van der Waals surface area contributed by atoms with Gasteiger partial charge in [-0.1, -0.05) is 24.3 Å². The van der Waals surface area contributed by atoms with E-state index in [9.17, 15) is 14.7 Å². The van der Waals surface area contributed by atoms with Gasteiger partial charge in [0.2, 0.25) is 0 Å². The zero-order valence-corrected chi connectivity index (χ0v) is 19.3. The number of likely N-dealkylation sites (tertiary alicyclic amines) is 1. The monoisotopic (exact) mass is 467 g/mol. The zero-order valence-electron chi connectivity index (χ0n) is 19.3. The molecule has 0 aliphatic carbocycles. The highest BCUT2D eigenvalue weighted by Gasteiger charge is 2.46. The van der Waals surface area contributed by atoms with Gasteiger partial charge in [0.25, 0.3) is 11.7 Å². The van der Waals surface area contributed by atoms with Crippen molar-refractivity contribution in [3.8, 4) is 5.75 Å². The highest BCUT2D eigenvalue weighted by atomic mass is 16.5. The molecule has 7 nitrogen and oxygen atoms in total. The number of ether oxygens (including phenoxy) is 1. The molecule has 2 aromatic carbocycles. The van der Waals surface area contributed by atoms with E-state index in [1.807, 2.05) is 43.5 Å². The summed E-state index contributed by atoms with van der Waals surface area (Å²) in [6, 6.07) is 17.6. The Hall–Kier alpha value is -4.39. The first-order valence-electron chi connectivity index (χ1n) is 11.5. The van der Waals surface area contributed by atoms with Crippen LogP contribution in [0.15, 0.2) is 84.8 Å². The number of nitrogens with one attached hydrogen (secondary N) is 1. The molecule has 0 unspecified atom stereocenters. The summed E-state index contributed by atoms with van der Waals surface area (Å²) in [7, 11) is 0. The van der Waals surface area contributed by atoms with E-state index in [1.165, 1.54) is 4.90 Å². The predicted molar refractivity (Wildman–Crippen MR) is 133 cm³/mol. The Bertz CT molecular complexity index is 1410. The van der Waals surface area contributed by atoms with Crippen molar-refractivity contribution in [3.63, 3.8) is 0 Å². The van der Waals surface area contributed by atoms with Gasteiger partial charge in [-0.15, -0.1) is 0 Å². The first-order valence-corrected chi connectivity index (χ1v) is 11.5. The Morgan fingerprint density at radius 1 is 1.09 bits per heavy atom. The Morgan fingerprint density at radius 2 is 1.89 bits per heavy atom. The number of hydrogen-bond acceptors (Lipinski definition) is 5. The first kappa shape index (κ1) is 22.4. The molecule has 0 spiro atoms. The van der Waals surface area contributed by atoms with Crippen molar-refractivity contribution in [2.24, 2.45) is 0 Å². The molecule has 35 heavy (non-hydrogen) atoms. The molecule has 1 atom stereocenters. The summed E-state index contributed by atoms with van der Waals surface area (Å²) in [4.78, 5) is 35.3. The van der Waals surface area contributed by atoms with E-state index in [2.05, 4.69) is 9.97 Å². The zero-order chi connectivity index (χ0) is 24.4. The largest absolute Gasteiger partial charge is 0.507 e. The van der Waals surface area contributed by atoms with Crippen LogP contribution >= 0.6 is 0 Å². The minimum atomic E-state index is -0.736. The summed E-state index contributed by atoms with van der Waals surface area (Å²) in [5.74, 6) is -0.891. The molecule has 1 aliphatic heterocycles. The van der Waals surface area contributed by atoms with Crippen LogP contribution in [0.4, 0.5) is 0 Å². The number of carbonyl (C=O) groups excluding carboxylic acids is 2. The lowest BCUT2D eigenvalue weighted by atomic mass is 9.96. The van der Waals surface area contributed by atoms with Crippen LogP contribution in [0.25, 0.3) is 16.7 Å². The number of Topliss-reactive ketones (excluding diaryl/α,β-unsaturated/α-hetero) is 1. The van der Waals surface area contributed by atoms with Crippen molar-refractivity contribution in [2.45, 2.75) is 19.4 Å². The van der Waals surface area contributed by atoms with Crippen LogP contribution in [0, 0.1) is 0 Å². The number of pyridine rings is 1. The third-order valence-electron chi connectivity index (χ3n) is 6.28. The van der Waals surface area contributed by atoms with Crippen molar-refractivity contribution in [1.29, 1.82) is 0 Å². The van der Waals surface area contributed by atoms with E-state index in [0.717, 1.165) is 16.5 Å². The number of carbonyl (C=O) groups is 2. The maximum absolute atomic E-state index is 13.2. The van der Waals surface area contributed by atoms with Gasteiger partial charge < -0.3 is 19.7 Å². The van der Waals surface area contributed by atoms with Crippen molar-refractivity contribution in [3.05, 3.63) is 102 Å². The number of benzene rings is 2. The maximum Gasteiger partial charge on any atom is 0.295 e. The third kappa shape index (κ3) is 4.17. The van der Waals surface area contributed by atoms with Crippen molar-refractivity contribution in [1.82, 2.24) is 14.9 Å². The van der Waals surface area contributed by atoms with Crippen molar-refractivity contribution in [2.75, 3.05) is 13.2 Å². The molecular weight excluding hydrogens is 442 g/mol. The van der Waals surface area contributed by atoms with E-state index in [-0.39, 0.29) is 11.3 Å². The Balaban J connectivity index is 1.52. The highest BCUT2D eigenvalue weighted by Crippen LogP contribution is 2.39. The molecule has 1 fully saturated rings. The molecule has 0 radical (unpaired) electrons. The van der Waals surface area contributed by atoms with Gasteiger partial charge in [0.1, 0.15) is 11.5 Å². The smallest absolute Gasteiger partial charge is 0.295 e. The fourth-order valence-corrected chi connectivity index (χ4v) is 4.61. The molecule has 0 bridgehead atoms. The quantitative estimate of drug-likeness (QED) is 0.235. The lowest BCUT2D eigenvalue weighted by Gasteiger charge is -2.25. The minimum absolute atomic E-state index is 0.0612. The van der Waals surface area contributed by atoms with Crippen LogP contribution in [0.1, 0.15) is 29.7 Å². The van der Waals surface area contributed by atoms with Crippen LogP contribution in [-0.4, -0.2) is 44.8 Å². The number of ketones is 1. The van der Waals surface area contributed by atoms with Gasteiger partial charge in [0.15, 0.2) is 0 Å². The summed E-state index contributed by atoms with van der Waals surface area (Å²) in [5, 5.41) is 12.3. The Labute approximate surface area is 202 Å². The van der Waals surface area contributed by atoms with Crippen LogP contribution in [0.2, 0.25) is 0 Å². The summed E-state index contributed by atoms with van der Waals surface area (Å²) in [6.45, 7) is 2.72. The molecule has 1 amide bonds. The normalized spacial score (nSPS) is 17.3. The van der Waals surface area contributed by atoms with Crippen LogP contribution in [-0.2, 0) is 16.0 Å². The number of nitrogens with zero attached hydrogens (tertiary/aromatic N) is 2. The second-order valence-electron chi connectivity index (χ2n) is 8.35. The maximum atomic E-state index is 13.2. The van der Waals surface area contributed by atoms with Gasteiger partial charge >= 0.3 is 0 Å². The van der Waals surface area contributed by atoms with Gasteiger partial charge in [-0.05, 0) is 60.9 Å². The standard InChI is InChI=1S/C28H25N3O4/c1-2-35-21-11-9-18(10-12-21)26(32)24-25(20-6-5-14-29-16-20)31(28(34)27(24)33)15-13-19-17-30-23-8-4-3-7-22(19)23/h3-12,14,16-17,25,30,32H,2,13,15H2,1H3/t25-/m0/s1. The molecule has 176 valence electrons. The van der Waals surface area contributed by atoms with Crippen LogP contribution in [0.5, 0.6) is 5.75 Å². The number of aromatic amines is 1. The number of aliphatic hydroxyl groups excluding tert-OH is 1. The van der Waals surface area contributed by atoms with E-state index < -0.39 is 17.7 Å². The number of para-hydroxylation sites is 1. The highest BCUT2D eigenvalue weighted by molar-refractivity contribution is 6.46. The fraction of sp³-hybridized carbons (Fsp3) is 0.179. The minimum Gasteiger partial charge on any atom is -0.507 e. The number of aliphatic hydroxyl groups is 1. The molecule has 7 heteroatoms. The number of aromatic nitrogens is 2. The molecule has 1 aliphatic rings. The SMILES string of the molecule is CCOc1ccc(C(O)=C2C(=O)C(=O)N(CCc3c[nH]c4ccccc34)[C@H]2c2cccnc2)cc1. The fourth-order valence-electron chi connectivity index (χ4n) is 4.61. The summed E-state index contributed by atoms with van der Waals surface area (Å²) < 4.78 is 5.47. The molecule has 5 rings (SSSR count). The predicted octanol–water partition coefficient (Wildman–Crippen LogP) is 4.63. The lowest BCUT2D eigenvalue weighted by Crippen LogP contribution is -2.31. The van der Waals surface area contributed by atoms with Crippen LogP contribution < -0.4 is 4.74 Å². The first-order chi connectivity index (χ1) is 17.1. The van der Waals surface area contributed by atoms with Crippen molar-refractivity contribution >= 4 is 28.4 Å². The molecule has 2 aromatic heterocycles. The number of H-pyrrole nitrogens is 1. The topological polar surface area (TPSA) is 95.5 Å². The summed E-state index contributed by atoms with van der Waals surface area (Å²) in [5.41, 5.74) is 3.24. The molecule has 2 N–H and O–H groups in total. The average molecular weight is 468 g/mol.